The number of para-hydroxylation sites is 1. The second-order valence-electron chi connectivity index (χ2n) is 7.72. The first-order valence-corrected chi connectivity index (χ1v) is 12.3. The Morgan fingerprint density at radius 3 is 1.75 bits per heavy atom. The van der Waals surface area contributed by atoms with Crippen molar-refractivity contribution in [3.63, 3.8) is 0 Å². The molecule has 2 nitrogen and oxygen atoms in total. The summed E-state index contributed by atoms with van der Waals surface area (Å²) in [5, 5.41) is 8.93. The summed E-state index contributed by atoms with van der Waals surface area (Å²) in [5.74, 6) is 0. The van der Waals surface area contributed by atoms with Gasteiger partial charge in [0.2, 0.25) is 0 Å². The van der Waals surface area contributed by atoms with E-state index in [-0.39, 0.29) is 27.8 Å². The van der Waals surface area contributed by atoms with E-state index in [0.717, 1.165) is 11.9 Å². The maximum absolute atomic E-state index is 7.44. The van der Waals surface area contributed by atoms with E-state index < -0.39 is 7.92 Å². The Kier molecular flexibility index (Phi) is 13.4. The molecule has 4 heteroatoms. The summed E-state index contributed by atoms with van der Waals surface area (Å²) >= 11 is 0. The molecule has 3 aromatic carbocycles. The van der Waals surface area contributed by atoms with E-state index in [1.165, 1.54) is 44.1 Å². The van der Waals surface area contributed by atoms with Crippen LogP contribution in [0.5, 0.6) is 0 Å². The van der Waals surface area contributed by atoms with Crippen molar-refractivity contribution in [2.75, 3.05) is 6.66 Å². The van der Waals surface area contributed by atoms with Crippen molar-refractivity contribution in [3.8, 4) is 0 Å². The molecule has 3 aromatic rings. The molecule has 1 atom stereocenters. The molecule has 0 heterocycles. The van der Waals surface area contributed by atoms with Gasteiger partial charge in [-0.1, -0.05) is 61.0 Å². The van der Waals surface area contributed by atoms with E-state index in [1.54, 1.807) is 6.92 Å². The number of benzene rings is 3. The van der Waals surface area contributed by atoms with Crippen molar-refractivity contribution in [1.82, 2.24) is 0 Å². The van der Waals surface area contributed by atoms with Gasteiger partial charge in [0.25, 0.3) is 0 Å². The average molecular weight is 538 g/mol. The van der Waals surface area contributed by atoms with Gasteiger partial charge in [-0.15, -0.1) is 0 Å². The van der Waals surface area contributed by atoms with Crippen LogP contribution in [0.1, 0.15) is 40.3 Å². The van der Waals surface area contributed by atoms with Gasteiger partial charge in [-0.2, -0.15) is 0 Å². The fraction of sp³-hybridized carbons (Fsp3) is 0.250. The van der Waals surface area contributed by atoms with Crippen LogP contribution in [0.4, 0.5) is 5.69 Å². The molecule has 0 aliphatic carbocycles. The number of hydrogen-bond donors (Lipinski definition) is 0. The van der Waals surface area contributed by atoms with Crippen molar-refractivity contribution in [3.05, 3.63) is 107 Å². The summed E-state index contributed by atoms with van der Waals surface area (Å²) in [6.45, 7) is 14.9. The molecule has 0 aromatic heterocycles. The van der Waals surface area contributed by atoms with Crippen molar-refractivity contribution in [2.24, 2.45) is 4.99 Å². The van der Waals surface area contributed by atoms with E-state index in [9.17, 15) is 0 Å². The maximum atomic E-state index is 7.44. The van der Waals surface area contributed by atoms with Crippen LogP contribution in [0, 0.1) is 42.0 Å². The molecule has 172 valence electrons. The quantitative estimate of drug-likeness (QED) is 0.142. The molecule has 0 aliphatic rings. The van der Waals surface area contributed by atoms with Crippen molar-refractivity contribution in [2.45, 2.75) is 41.5 Å². The van der Waals surface area contributed by atoms with E-state index in [2.05, 4.69) is 102 Å². The minimum atomic E-state index is -1.02. The molecule has 3 rings (SSSR count). The van der Waals surface area contributed by atoms with E-state index >= 15 is 0 Å². The SMILES string of the molecule is CC=[N-].Cc1cc(C)c([PH+](C)C(=Nc2c(C)cccc2C)c2ccccc2)c(C)c1.[CH3-].[Pd+2]. The van der Waals surface area contributed by atoms with Crippen LogP contribution in [0.25, 0.3) is 5.41 Å². The largest absolute Gasteiger partial charge is 2.00 e. The van der Waals surface area contributed by atoms with Crippen LogP contribution in [-0.4, -0.2) is 18.3 Å². The van der Waals surface area contributed by atoms with E-state index in [4.69, 9.17) is 10.4 Å². The van der Waals surface area contributed by atoms with E-state index in [0.29, 0.717) is 0 Å². The average Bonchev–Trinajstić information content (AvgIpc) is 2.68. The Morgan fingerprint density at radius 2 is 1.28 bits per heavy atom. The summed E-state index contributed by atoms with van der Waals surface area (Å²) in [7, 11) is -1.02. The van der Waals surface area contributed by atoms with Crippen molar-refractivity contribution in [1.29, 1.82) is 0 Å². The molecule has 0 spiro atoms. The molecule has 0 aliphatic heterocycles. The van der Waals surface area contributed by atoms with Crippen LogP contribution in [0.3, 0.4) is 0 Å². The summed E-state index contributed by atoms with van der Waals surface area (Å²) in [6, 6.07) is 21.7. The second kappa shape index (κ2) is 14.3. The van der Waals surface area contributed by atoms with Gasteiger partial charge < -0.3 is 12.8 Å². The summed E-state index contributed by atoms with van der Waals surface area (Å²) in [4.78, 5) is 5.27. The zero-order valence-electron chi connectivity index (χ0n) is 20.6. The minimum absolute atomic E-state index is 0. The molecule has 1 unspecified atom stereocenters. The van der Waals surface area contributed by atoms with Crippen molar-refractivity contribution >= 4 is 30.6 Å². The fourth-order valence-corrected chi connectivity index (χ4v) is 6.39. The monoisotopic (exact) mass is 537 g/mol. The van der Waals surface area contributed by atoms with Crippen LogP contribution >= 0.6 is 7.92 Å². The van der Waals surface area contributed by atoms with Gasteiger partial charge in [-0.25, -0.2) is 11.2 Å². The Morgan fingerprint density at radius 1 is 0.812 bits per heavy atom. The molecule has 0 saturated carbocycles. The van der Waals surface area contributed by atoms with Gasteiger partial charge >= 0.3 is 20.4 Å². The molecular formula is C28H36N2PPd+. The van der Waals surface area contributed by atoms with Crippen LogP contribution in [0.15, 0.2) is 65.7 Å². The number of nitrogens with zero attached hydrogens (tertiary/aromatic N) is 2. The number of aryl methyl sites for hydroxylation is 5. The predicted octanol–water partition coefficient (Wildman–Crippen LogP) is 7.57. The molecule has 0 saturated heterocycles. The van der Waals surface area contributed by atoms with Gasteiger partial charge in [-0.3, -0.25) is 0 Å². The standard InChI is InChI=1S/C25H28NP.C2H4N.CH3.Pd/c1-17-15-20(4)24(21(5)16-17)27(6)25(22-13-8-7-9-14-22)26-23-18(2)11-10-12-19(23)3;1-2-3;;/h7-16H,1-6H3;2H,1H3;1H3;/q;2*-1;+2/p+1. The zero-order chi connectivity index (χ0) is 22.3. The zero-order valence-corrected chi connectivity index (χ0v) is 23.1. The van der Waals surface area contributed by atoms with Crippen LogP contribution < -0.4 is 5.30 Å². The maximum Gasteiger partial charge on any atom is 2.00 e. The Hall–Kier alpha value is -1.91. The fourth-order valence-electron chi connectivity index (χ4n) is 3.94. The van der Waals surface area contributed by atoms with Crippen molar-refractivity contribution < 1.29 is 20.4 Å². The Balaban J connectivity index is 0.00000182. The minimum Gasteiger partial charge on any atom is -0.814 e. The smallest absolute Gasteiger partial charge is 0.814 e. The number of hydrogen-bond acceptors (Lipinski definition) is 1. The first kappa shape index (κ1) is 30.1. The molecular weight excluding hydrogens is 502 g/mol. The van der Waals surface area contributed by atoms with Crippen LogP contribution in [0.2, 0.25) is 0 Å². The third-order valence-electron chi connectivity index (χ3n) is 5.12. The molecule has 0 N–H and O–H groups in total. The summed E-state index contributed by atoms with van der Waals surface area (Å²) < 4.78 is 0. The number of aliphatic imine (C=N–C) groups is 1. The third-order valence-corrected chi connectivity index (χ3v) is 7.77. The molecule has 0 bridgehead atoms. The third kappa shape index (κ3) is 7.60. The Bertz CT molecular complexity index is 999. The van der Waals surface area contributed by atoms with Gasteiger partial charge in [0, 0.05) is 5.56 Å². The topological polar surface area (TPSA) is 34.7 Å². The first-order chi connectivity index (χ1) is 14.3. The van der Waals surface area contributed by atoms with Gasteiger partial charge in [0.15, 0.2) is 5.45 Å². The first-order valence-electron chi connectivity index (χ1n) is 10.3. The van der Waals surface area contributed by atoms with Gasteiger partial charge in [0.05, 0.1) is 20.3 Å². The Labute approximate surface area is 210 Å². The molecule has 32 heavy (non-hydrogen) atoms. The van der Waals surface area contributed by atoms with Gasteiger partial charge in [-0.05, 0) is 69.0 Å². The van der Waals surface area contributed by atoms with E-state index in [1.807, 2.05) is 0 Å². The normalized spacial score (nSPS) is 11.3. The number of rotatable bonds is 4. The second-order valence-corrected chi connectivity index (χ2v) is 9.95. The predicted molar refractivity (Wildman–Crippen MR) is 145 cm³/mol. The summed E-state index contributed by atoms with van der Waals surface area (Å²) in [6.07, 6.45) is 1.00. The summed E-state index contributed by atoms with van der Waals surface area (Å²) in [5.41, 5.74) is 10.1. The molecule has 0 fully saturated rings. The molecule has 0 radical (unpaired) electrons. The van der Waals surface area contributed by atoms with Gasteiger partial charge in [0.1, 0.15) is 5.30 Å². The molecule has 0 amide bonds. The van der Waals surface area contributed by atoms with Crippen LogP contribution in [-0.2, 0) is 20.4 Å².